The molecule has 4 aromatic rings. The number of benzene rings is 1. The van der Waals surface area contributed by atoms with Crippen LogP contribution in [0, 0.1) is 0 Å². The van der Waals surface area contributed by atoms with Crippen molar-refractivity contribution in [3.05, 3.63) is 104 Å². The molecule has 0 unspecified atom stereocenters. The van der Waals surface area contributed by atoms with Gasteiger partial charge < -0.3 is 0 Å². The molecule has 1 aromatic carbocycles. The maximum atomic E-state index is 12.7. The van der Waals surface area contributed by atoms with Crippen molar-refractivity contribution < 1.29 is 9.59 Å². The zero-order valence-electron chi connectivity index (χ0n) is 17.5. The van der Waals surface area contributed by atoms with Gasteiger partial charge in [0.15, 0.2) is 0 Å². The van der Waals surface area contributed by atoms with Gasteiger partial charge in [0.2, 0.25) is 0 Å². The maximum absolute atomic E-state index is 12.7. The van der Waals surface area contributed by atoms with Gasteiger partial charge >= 0.3 is 200 Å². The molecule has 0 spiro atoms. The Bertz CT molecular complexity index is 1600. The standard InChI is InChI=1S/C27H17N3O2Te/c31-24-17-4-1-2-5-18(17)25(32)20(24)11-15-7-8-16(10-15)30-13-22-21-12-29-27-19(6-3-9-28-27)26(21)33-23(22)14-30/h1-9,11-12H,10,13-14H2. The van der Waals surface area contributed by atoms with E-state index in [1.54, 1.807) is 40.1 Å². The molecule has 3 aromatic heterocycles. The van der Waals surface area contributed by atoms with Crippen molar-refractivity contribution in [2.75, 3.05) is 0 Å². The Morgan fingerprint density at radius 3 is 2.55 bits per heavy atom. The van der Waals surface area contributed by atoms with E-state index in [2.05, 4.69) is 27.0 Å². The number of carbonyl (C=O) groups excluding carboxylic acids is 2. The molecule has 0 radical (unpaired) electrons. The Labute approximate surface area is 199 Å². The summed E-state index contributed by atoms with van der Waals surface area (Å²) < 4.78 is 3.06. The quantitative estimate of drug-likeness (QED) is 0.214. The van der Waals surface area contributed by atoms with E-state index >= 15 is 0 Å². The topological polar surface area (TPSA) is 63.2 Å². The van der Waals surface area contributed by atoms with Crippen LogP contribution in [0.25, 0.3) is 19.8 Å². The van der Waals surface area contributed by atoms with Crippen LogP contribution in [0.5, 0.6) is 0 Å². The molecule has 7 rings (SSSR count). The van der Waals surface area contributed by atoms with E-state index in [-0.39, 0.29) is 17.1 Å². The van der Waals surface area contributed by atoms with Crippen LogP contribution >= 0.6 is 0 Å². The number of hydrogen-bond donors (Lipinski definition) is 0. The van der Waals surface area contributed by atoms with E-state index in [4.69, 9.17) is 0 Å². The average Bonchev–Trinajstić information content (AvgIpc) is 3.59. The summed E-state index contributed by atoms with van der Waals surface area (Å²) in [6, 6.07) is 11.2. The molecule has 0 atom stereocenters. The minimum absolute atomic E-state index is 0.164. The van der Waals surface area contributed by atoms with Crippen molar-refractivity contribution in [1.82, 2.24) is 14.9 Å². The molecule has 0 bridgehead atoms. The number of hydrogen-bond acceptors (Lipinski definition) is 5. The molecule has 0 N–H and O–H groups in total. The van der Waals surface area contributed by atoms with E-state index in [0.29, 0.717) is 11.1 Å². The van der Waals surface area contributed by atoms with Crippen molar-refractivity contribution in [3.8, 4) is 0 Å². The molecule has 3 aliphatic rings. The van der Waals surface area contributed by atoms with Gasteiger partial charge in [0.25, 0.3) is 0 Å². The number of pyridine rings is 2. The number of Topliss-reactive ketones (excluding diaryl/α,β-unsaturated/α-hetero) is 2. The van der Waals surface area contributed by atoms with Gasteiger partial charge in [-0.2, -0.15) is 0 Å². The monoisotopic (exact) mass is 545 g/mol. The molecular formula is C27H17N3O2Te. The van der Waals surface area contributed by atoms with Gasteiger partial charge in [-0.1, -0.05) is 0 Å². The molecule has 2 aliphatic carbocycles. The number of allylic oxidation sites excluding steroid dienone is 5. The molecule has 4 heterocycles. The van der Waals surface area contributed by atoms with E-state index in [0.717, 1.165) is 30.7 Å². The van der Waals surface area contributed by atoms with Gasteiger partial charge in [-0.3, -0.25) is 0 Å². The predicted molar refractivity (Wildman–Crippen MR) is 127 cm³/mol. The average molecular weight is 543 g/mol. The van der Waals surface area contributed by atoms with Crippen molar-refractivity contribution in [2.24, 2.45) is 0 Å². The van der Waals surface area contributed by atoms with E-state index < -0.39 is 20.4 Å². The third kappa shape index (κ3) is 2.84. The summed E-state index contributed by atoms with van der Waals surface area (Å²) in [7, 11) is 0. The van der Waals surface area contributed by atoms with Gasteiger partial charge in [0, 0.05) is 0 Å². The first-order valence-corrected chi connectivity index (χ1v) is 13.2. The van der Waals surface area contributed by atoms with Crippen LogP contribution in [0.3, 0.4) is 0 Å². The van der Waals surface area contributed by atoms with Crippen molar-refractivity contribution in [2.45, 2.75) is 19.5 Å². The van der Waals surface area contributed by atoms with Crippen molar-refractivity contribution in [3.63, 3.8) is 0 Å². The fourth-order valence-corrected chi connectivity index (χ4v) is 8.79. The number of rotatable bonds is 2. The fourth-order valence-electron chi connectivity index (χ4n) is 5.03. The van der Waals surface area contributed by atoms with Gasteiger partial charge in [-0.05, 0) is 0 Å². The van der Waals surface area contributed by atoms with Crippen LogP contribution in [0.4, 0.5) is 0 Å². The van der Waals surface area contributed by atoms with Crippen LogP contribution in [0.15, 0.2) is 83.9 Å². The molecule has 0 amide bonds. The molecule has 6 heteroatoms. The second kappa shape index (κ2) is 7.08. The van der Waals surface area contributed by atoms with Gasteiger partial charge in [-0.15, -0.1) is 0 Å². The van der Waals surface area contributed by atoms with Crippen LogP contribution in [0.2, 0.25) is 0 Å². The Morgan fingerprint density at radius 1 is 0.909 bits per heavy atom. The minimum atomic E-state index is -0.428. The van der Waals surface area contributed by atoms with Crippen LogP contribution in [-0.2, 0) is 13.1 Å². The first-order chi connectivity index (χ1) is 16.2. The summed E-state index contributed by atoms with van der Waals surface area (Å²) in [5, 5.41) is 2.52. The zero-order chi connectivity index (χ0) is 22.1. The predicted octanol–water partition coefficient (Wildman–Crippen LogP) is 4.38. The van der Waals surface area contributed by atoms with E-state index in [1.165, 1.54) is 25.4 Å². The number of nitrogens with zero attached hydrogens (tertiary/aromatic N) is 3. The summed E-state index contributed by atoms with van der Waals surface area (Å²) in [5.41, 5.74) is 5.85. The third-order valence-corrected chi connectivity index (χ3v) is 10.3. The molecule has 1 aliphatic heterocycles. The summed E-state index contributed by atoms with van der Waals surface area (Å²) >= 11 is -0.428. The first-order valence-electron chi connectivity index (χ1n) is 10.9. The molecule has 5 nitrogen and oxygen atoms in total. The molecule has 158 valence electrons. The van der Waals surface area contributed by atoms with Crippen LogP contribution < -0.4 is 0 Å². The first kappa shape index (κ1) is 19.2. The Morgan fingerprint density at radius 2 is 1.73 bits per heavy atom. The molecule has 0 saturated heterocycles. The van der Waals surface area contributed by atoms with Gasteiger partial charge in [0.05, 0.1) is 0 Å². The fraction of sp³-hybridized carbons (Fsp3) is 0.111. The summed E-state index contributed by atoms with van der Waals surface area (Å²) in [6.07, 6.45) is 10.5. The second-order valence-corrected chi connectivity index (χ2v) is 11.7. The van der Waals surface area contributed by atoms with Gasteiger partial charge in [-0.25, -0.2) is 0 Å². The van der Waals surface area contributed by atoms with E-state index in [9.17, 15) is 9.59 Å². The second-order valence-electron chi connectivity index (χ2n) is 8.57. The third-order valence-electron chi connectivity index (χ3n) is 6.68. The van der Waals surface area contributed by atoms with Gasteiger partial charge in [0.1, 0.15) is 0 Å². The number of fused-ring (bicyclic) bond motifs is 6. The van der Waals surface area contributed by atoms with Crippen LogP contribution in [0.1, 0.15) is 36.3 Å². The Kier molecular flexibility index (Phi) is 4.11. The molecule has 0 saturated carbocycles. The van der Waals surface area contributed by atoms with Crippen molar-refractivity contribution >= 4 is 51.8 Å². The number of ketones is 2. The zero-order valence-corrected chi connectivity index (χ0v) is 19.9. The van der Waals surface area contributed by atoms with Crippen LogP contribution in [-0.4, -0.2) is 46.9 Å². The Balaban J connectivity index is 1.12. The summed E-state index contributed by atoms with van der Waals surface area (Å²) in [5.74, 6) is -0.327. The normalized spacial score (nSPS) is 17.1. The van der Waals surface area contributed by atoms with Crippen molar-refractivity contribution in [1.29, 1.82) is 0 Å². The van der Waals surface area contributed by atoms with E-state index in [1.807, 2.05) is 18.3 Å². The molecular weight excluding hydrogens is 526 g/mol. The number of carbonyl (C=O) groups is 2. The summed E-state index contributed by atoms with van der Waals surface area (Å²) in [4.78, 5) is 36.9. The SMILES string of the molecule is O=C1C(=CC2=CC=C(N3Cc4[te]c5c(cnc6ncccc65)c4C3)C2)C(=O)c2ccccc21. The Hall–Kier alpha value is -3.33. The number of aromatic nitrogens is 2. The molecule has 33 heavy (non-hydrogen) atoms. The molecule has 0 fully saturated rings. The summed E-state index contributed by atoms with van der Waals surface area (Å²) in [6.45, 7) is 1.86.